The molecule has 1 unspecified atom stereocenters. The summed E-state index contributed by atoms with van der Waals surface area (Å²) in [5.74, 6) is -3.10. The van der Waals surface area contributed by atoms with E-state index in [0.29, 0.717) is 53.7 Å². The van der Waals surface area contributed by atoms with Gasteiger partial charge in [-0.2, -0.15) is 0 Å². The summed E-state index contributed by atoms with van der Waals surface area (Å²) in [7, 11) is 0. The Morgan fingerprint density at radius 2 is 0.500 bits per heavy atom. The van der Waals surface area contributed by atoms with Crippen LogP contribution in [0.4, 0.5) is 0 Å². The topological polar surface area (TPSA) is 263 Å². The fourth-order valence-electron chi connectivity index (χ4n) is 13.6. The quantitative estimate of drug-likeness (QED) is 0.0227. The molecule has 0 N–H and O–H groups in total. The highest BCUT2D eigenvalue weighted by Gasteiger charge is 2.39. The van der Waals surface area contributed by atoms with Crippen molar-refractivity contribution in [3.8, 4) is 0 Å². The summed E-state index contributed by atoms with van der Waals surface area (Å²) in [4.78, 5) is 123. The third kappa shape index (κ3) is 34.8. The van der Waals surface area contributed by atoms with E-state index in [1.54, 1.807) is 128 Å². The van der Waals surface area contributed by atoms with E-state index in [2.05, 4.69) is 0 Å². The van der Waals surface area contributed by atoms with Crippen molar-refractivity contribution in [2.24, 2.45) is 40.4 Å². The zero-order chi connectivity index (χ0) is 77.0. The van der Waals surface area contributed by atoms with E-state index in [0.717, 1.165) is 148 Å². The molecule has 5 fully saturated rings. The van der Waals surface area contributed by atoms with Crippen molar-refractivity contribution in [3.63, 3.8) is 0 Å². The molecule has 5 saturated carbocycles. The fourth-order valence-corrected chi connectivity index (χ4v) is 13.6. The Bertz CT molecular complexity index is 3390. The Balaban J connectivity index is 0.000000390. The first-order valence-corrected chi connectivity index (χ1v) is 39.5. The van der Waals surface area contributed by atoms with Gasteiger partial charge in [-0.3, -0.25) is 24.0 Å². The number of hydrogen-bond acceptors (Lipinski definition) is 20. The molecule has 1 atom stereocenters. The minimum absolute atomic E-state index is 0. The van der Waals surface area contributed by atoms with Gasteiger partial charge in [-0.25, -0.2) is 24.0 Å². The summed E-state index contributed by atoms with van der Waals surface area (Å²) >= 11 is 0. The number of ether oxygens (including phenoxy) is 10. The summed E-state index contributed by atoms with van der Waals surface area (Å²) in [6.45, 7) is 6.39. The molecule has 5 aliphatic rings. The molecule has 0 bridgehead atoms. The molecule has 618 valence electrons. The molecule has 10 rings (SSSR count). The van der Waals surface area contributed by atoms with Gasteiger partial charge in [0.1, 0.15) is 52.4 Å². The number of hydrogen-bond donors (Lipinski definition) is 0. The largest absolute Gasteiger partial charge is 0.465 e. The van der Waals surface area contributed by atoms with Crippen molar-refractivity contribution < 1.29 is 95.3 Å². The van der Waals surface area contributed by atoms with Crippen molar-refractivity contribution >= 4 is 59.7 Å². The van der Waals surface area contributed by atoms with Crippen LogP contribution in [0.15, 0.2) is 152 Å². The maximum Gasteiger partial charge on any atom is 0.338 e. The van der Waals surface area contributed by atoms with Crippen LogP contribution in [0.5, 0.6) is 0 Å². The fraction of sp³-hybridized carbons (Fsp3) is 0.565. The van der Waals surface area contributed by atoms with E-state index in [9.17, 15) is 47.9 Å². The molecule has 112 heavy (non-hydrogen) atoms. The first-order valence-electron chi connectivity index (χ1n) is 39.5. The van der Waals surface area contributed by atoms with Crippen LogP contribution in [-0.4, -0.2) is 125 Å². The number of benzene rings is 5. The molecular formula is C92H130O20. The van der Waals surface area contributed by atoms with Gasteiger partial charge in [0, 0.05) is 6.42 Å². The molecular weight excluding hydrogens is 1420 g/mol. The van der Waals surface area contributed by atoms with Gasteiger partial charge in [0.2, 0.25) is 0 Å². The first-order chi connectivity index (χ1) is 52.5. The number of rotatable bonds is 31. The van der Waals surface area contributed by atoms with Crippen molar-refractivity contribution in [3.05, 3.63) is 179 Å². The maximum atomic E-state index is 12.7. The Morgan fingerprint density at radius 3 is 0.759 bits per heavy atom. The number of carbonyl (C=O) groups is 10. The molecule has 20 heteroatoms. The first kappa shape index (κ1) is 97.0. The second kappa shape index (κ2) is 54.5. The van der Waals surface area contributed by atoms with Crippen LogP contribution in [0.2, 0.25) is 0 Å². The van der Waals surface area contributed by atoms with Crippen molar-refractivity contribution in [2.45, 2.75) is 236 Å². The molecule has 0 aromatic heterocycles. The minimum atomic E-state index is -0.834. The Morgan fingerprint density at radius 1 is 0.286 bits per heavy atom. The average Bonchev–Trinajstić information content (AvgIpc) is 0.846. The van der Waals surface area contributed by atoms with Crippen LogP contribution in [-0.2, 0) is 71.3 Å². The van der Waals surface area contributed by atoms with Crippen LogP contribution in [0.1, 0.15) is 282 Å². The van der Waals surface area contributed by atoms with E-state index in [4.69, 9.17) is 47.4 Å². The van der Waals surface area contributed by atoms with Crippen LogP contribution < -0.4 is 0 Å². The molecule has 0 saturated heterocycles. The average molecular weight is 1560 g/mol. The SMILES string of the molecule is C.C.C.C.CC(COC(=O)c1ccccc1)OC(=O)C1CCCCC1.CCC(COC(=O)c1ccccc1)(COC(=O)C1CCCCC1)COC(=O)C1CCCCC1.CCC(COC(=O)c1ccccc1)(COC(=O)c1ccccc1)COC(=O)C1CCCCC1.O=C(OCCCOC(=O)C1CCCCC1)c1ccccc1. The molecule has 0 amide bonds. The molecule has 5 aromatic rings. The van der Waals surface area contributed by atoms with E-state index < -0.39 is 40.8 Å². The summed E-state index contributed by atoms with van der Waals surface area (Å²) in [5, 5.41) is 0. The molecule has 0 spiro atoms. The zero-order valence-electron chi connectivity index (χ0n) is 63.7. The van der Waals surface area contributed by atoms with Gasteiger partial charge >= 0.3 is 59.7 Å². The normalized spacial score (nSPS) is 15.6. The third-order valence-corrected chi connectivity index (χ3v) is 20.9. The monoisotopic (exact) mass is 1550 g/mol. The van der Waals surface area contributed by atoms with Gasteiger partial charge in [-0.05, 0) is 145 Å². The molecule has 5 aromatic carbocycles. The lowest BCUT2D eigenvalue weighted by molar-refractivity contribution is -0.163. The van der Waals surface area contributed by atoms with Gasteiger partial charge in [-0.15, -0.1) is 0 Å². The molecule has 5 aliphatic carbocycles. The summed E-state index contributed by atoms with van der Waals surface area (Å²) in [5.41, 5.74) is 0.769. The van der Waals surface area contributed by atoms with Gasteiger partial charge in [0.05, 0.1) is 81.5 Å². The lowest BCUT2D eigenvalue weighted by Crippen LogP contribution is -2.40. The minimum Gasteiger partial charge on any atom is -0.465 e. The van der Waals surface area contributed by atoms with Crippen molar-refractivity contribution in [2.75, 3.05) is 59.5 Å². The maximum absolute atomic E-state index is 12.7. The summed E-state index contributed by atoms with van der Waals surface area (Å²) < 4.78 is 54.8. The second-order valence-corrected chi connectivity index (χ2v) is 29.3. The van der Waals surface area contributed by atoms with E-state index >= 15 is 0 Å². The lowest BCUT2D eigenvalue weighted by atomic mass is 9.86. The van der Waals surface area contributed by atoms with Crippen LogP contribution in [0, 0.1) is 40.4 Å². The summed E-state index contributed by atoms with van der Waals surface area (Å²) in [6, 6.07) is 43.8. The van der Waals surface area contributed by atoms with Crippen LogP contribution in [0.25, 0.3) is 0 Å². The third-order valence-electron chi connectivity index (χ3n) is 20.9. The Hall–Kier alpha value is -9.20. The number of carbonyl (C=O) groups excluding carboxylic acids is 10. The molecule has 20 nitrogen and oxygen atoms in total. The Kier molecular flexibility index (Phi) is 47.2. The smallest absolute Gasteiger partial charge is 0.338 e. The summed E-state index contributed by atoms with van der Waals surface area (Å²) in [6.07, 6.45) is 26.6. The van der Waals surface area contributed by atoms with Crippen molar-refractivity contribution in [1.29, 1.82) is 0 Å². The molecule has 0 radical (unpaired) electrons. The second-order valence-electron chi connectivity index (χ2n) is 29.3. The van der Waals surface area contributed by atoms with E-state index in [-0.39, 0.29) is 148 Å². The van der Waals surface area contributed by atoms with Gasteiger partial charge in [-0.1, -0.05) is 231 Å². The zero-order valence-corrected chi connectivity index (χ0v) is 63.7. The van der Waals surface area contributed by atoms with E-state index in [1.807, 2.05) is 44.2 Å². The van der Waals surface area contributed by atoms with Crippen LogP contribution >= 0.6 is 0 Å². The highest BCUT2D eigenvalue weighted by molar-refractivity contribution is 5.91. The highest BCUT2D eigenvalue weighted by Crippen LogP contribution is 2.33. The van der Waals surface area contributed by atoms with Gasteiger partial charge in [0.15, 0.2) is 0 Å². The number of esters is 10. The van der Waals surface area contributed by atoms with E-state index in [1.165, 1.54) is 12.8 Å². The van der Waals surface area contributed by atoms with Gasteiger partial charge < -0.3 is 47.4 Å². The predicted octanol–water partition coefficient (Wildman–Crippen LogP) is 20.0. The molecule has 0 aliphatic heterocycles. The van der Waals surface area contributed by atoms with Crippen LogP contribution in [0.3, 0.4) is 0 Å². The molecule has 0 heterocycles. The lowest BCUT2D eigenvalue weighted by Gasteiger charge is -2.32. The predicted molar refractivity (Wildman–Crippen MR) is 433 cm³/mol. The highest BCUT2D eigenvalue weighted by atomic mass is 16.6. The Labute approximate surface area is 667 Å². The van der Waals surface area contributed by atoms with Crippen molar-refractivity contribution in [1.82, 2.24) is 0 Å². The van der Waals surface area contributed by atoms with Gasteiger partial charge in [0.25, 0.3) is 0 Å². The standard InChI is InChI=1S/C27H38O6.C27H32O6.2C17H22O4.4CH4/c2*1-2-27(18-31-24(28)21-12-6-3-7-13-21,19-32-25(29)22-14-8-4-9-15-22)20-33-26(30)23-16-10-5-11-17-23;1-13(21-17(19)15-10-6-3-7-11-15)12-20-16(18)14-8-4-2-5-9-14;18-16(14-8-3-1-4-9-14)20-12-7-13-21-17(19)15-10-5-2-6-11-15;;;;/h3,6-7,12-13,22-23H,2,4-5,8-11,14-20H2,1H3;3-4,6-9,12-15,23H,2,5,10-11,16-20H2,1H3;2,4-5,8-9,13,15H,3,6-7,10-12H2,1H3;1,3-4,8-9,15H,2,5-7,10-13H2;4*1H4.